The Morgan fingerprint density at radius 2 is 1.32 bits per heavy atom. The Kier molecular flexibility index (Phi) is 8.21. The number of benzene rings is 1. The van der Waals surface area contributed by atoms with Crippen LogP contribution in [-0.2, 0) is 9.59 Å². The van der Waals surface area contributed by atoms with Crippen molar-refractivity contribution >= 4 is 51.7 Å². The Morgan fingerprint density at radius 3 is 1.86 bits per heavy atom. The molecule has 0 radical (unpaired) electrons. The second-order valence-electron chi connectivity index (χ2n) is 7.71. The molecule has 0 spiro atoms. The van der Waals surface area contributed by atoms with Crippen molar-refractivity contribution in [2.75, 3.05) is 4.90 Å². The van der Waals surface area contributed by atoms with Crippen molar-refractivity contribution in [3.8, 4) is 0 Å². The number of carbonyl (C=O) groups is 2. The first kappa shape index (κ1) is 21.6. The highest BCUT2D eigenvalue weighted by molar-refractivity contribution is 14.1. The first-order valence-electron chi connectivity index (χ1n) is 10.4. The van der Waals surface area contributed by atoms with Crippen molar-refractivity contribution in [2.24, 2.45) is 0 Å². The van der Waals surface area contributed by atoms with Crippen LogP contribution in [0.3, 0.4) is 0 Å². The summed E-state index contributed by atoms with van der Waals surface area (Å²) >= 11 is 8.50. The standard InChI is InChI=1S/C22H28ClIN2O2/c23-19-20(22(28)26(21(19)27)18-14-12-16(24)13-15-18)25-17-10-8-6-4-2-1-3-5-7-9-11-17/h12-15,17,25H,1-11H2. The van der Waals surface area contributed by atoms with Crippen LogP contribution in [0.5, 0.6) is 0 Å². The van der Waals surface area contributed by atoms with Gasteiger partial charge in [-0.05, 0) is 59.7 Å². The predicted molar refractivity (Wildman–Crippen MR) is 122 cm³/mol. The minimum atomic E-state index is -0.441. The molecule has 0 bridgehead atoms. The van der Waals surface area contributed by atoms with Gasteiger partial charge in [0.15, 0.2) is 0 Å². The van der Waals surface area contributed by atoms with E-state index in [4.69, 9.17) is 11.6 Å². The van der Waals surface area contributed by atoms with Crippen LogP contribution in [0.15, 0.2) is 35.0 Å². The SMILES string of the molecule is O=C1C(Cl)=C(NC2CCCCCCCCCCC2)C(=O)N1c1ccc(I)cc1. The van der Waals surface area contributed by atoms with Crippen LogP contribution in [0.2, 0.25) is 0 Å². The van der Waals surface area contributed by atoms with E-state index in [1.54, 1.807) is 12.1 Å². The van der Waals surface area contributed by atoms with Crippen molar-refractivity contribution < 1.29 is 9.59 Å². The highest BCUT2D eigenvalue weighted by atomic mass is 127. The van der Waals surface area contributed by atoms with E-state index in [1.807, 2.05) is 12.1 Å². The Labute approximate surface area is 186 Å². The monoisotopic (exact) mass is 514 g/mol. The average molecular weight is 515 g/mol. The molecule has 0 unspecified atom stereocenters. The molecular formula is C22H28ClIN2O2. The van der Waals surface area contributed by atoms with Crippen molar-refractivity contribution in [2.45, 2.75) is 76.7 Å². The molecule has 1 fully saturated rings. The van der Waals surface area contributed by atoms with E-state index in [-0.39, 0.29) is 22.7 Å². The van der Waals surface area contributed by atoms with E-state index in [2.05, 4.69) is 27.9 Å². The van der Waals surface area contributed by atoms with Crippen molar-refractivity contribution in [3.63, 3.8) is 0 Å². The van der Waals surface area contributed by atoms with E-state index in [1.165, 1.54) is 49.8 Å². The van der Waals surface area contributed by atoms with Crippen LogP contribution in [-0.4, -0.2) is 17.9 Å². The Morgan fingerprint density at radius 1 is 0.821 bits per heavy atom. The lowest BCUT2D eigenvalue weighted by Gasteiger charge is -2.21. The second kappa shape index (κ2) is 10.6. The average Bonchev–Trinajstić information content (AvgIpc) is 2.88. The molecule has 1 heterocycles. The van der Waals surface area contributed by atoms with Crippen LogP contribution >= 0.6 is 34.2 Å². The molecule has 2 aliphatic rings. The van der Waals surface area contributed by atoms with Gasteiger partial charge in [-0.2, -0.15) is 0 Å². The highest BCUT2D eigenvalue weighted by Crippen LogP contribution is 2.29. The van der Waals surface area contributed by atoms with Gasteiger partial charge in [0, 0.05) is 9.61 Å². The molecule has 4 nitrogen and oxygen atoms in total. The zero-order chi connectivity index (χ0) is 19.9. The number of hydrogen-bond donors (Lipinski definition) is 1. The predicted octanol–water partition coefficient (Wildman–Crippen LogP) is 5.88. The van der Waals surface area contributed by atoms with Gasteiger partial charge in [0.05, 0.1) is 5.69 Å². The zero-order valence-electron chi connectivity index (χ0n) is 16.2. The molecule has 0 atom stereocenters. The molecule has 0 saturated heterocycles. The zero-order valence-corrected chi connectivity index (χ0v) is 19.1. The molecule has 1 aromatic rings. The van der Waals surface area contributed by atoms with Crippen molar-refractivity contribution in [1.82, 2.24) is 5.32 Å². The molecule has 1 saturated carbocycles. The summed E-state index contributed by atoms with van der Waals surface area (Å²) in [4.78, 5) is 26.8. The number of nitrogens with zero attached hydrogens (tertiary/aromatic N) is 1. The fourth-order valence-electron chi connectivity index (χ4n) is 3.96. The first-order chi connectivity index (χ1) is 13.6. The van der Waals surface area contributed by atoms with Gasteiger partial charge in [-0.15, -0.1) is 0 Å². The fourth-order valence-corrected chi connectivity index (χ4v) is 4.54. The van der Waals surface area contributed by atoms with Gasteiger partial charge in [-0.3, -0.25) is 9.59 Å². The van der Waals surface area contributed by atoms with E-state index in [0.717, 1.165) is 29.3 Å². The topological polar surface area (TPSA) is 49.4 Å². The summed E-state index contributed by atoms with van der Waals surface area (Å²) in [5.74, 6) is -0.786. The molecule has 28 heavy (non-hydrogen) atoms. The summed E-state index contributed by atoms with van der Waals surface area (Å²) in [6, 6.07) is 7.50. The molecule has 2 amide bonds. The fraction of sp³-hybridized carbons (Fsp3) is 0.545. The van der Waals surface area contributed by atoms with Crippen molar-refractivity contribution in [1.29, 1.82) is 0 Å². The number of imide groups is 1. The third kappa shape index (κ3) is 5.50. The Hall–Kier alpha value is -1.08. The lowest BCUT2D eigenvalue weighted by Crippen LogP contribution is -2.36. The summed E-state index contributed by atoms with van der Waals surface area (Å²) in [6.07, 6.45) is 13.4. The summed E-state index contributed by atoms with van der Waals surface area (Å²) in [6.45, 7) is 0. The van der Waals surface area contributed by atoms with Crippen molar-refractivity contribution in [3.05, 3.63) is 38.6 Å². The molecule has 152 valence electrons. The Balaban J connectivity index is 1.69. The number of carbonyl (C=O) groups excluding carboxylic acids is 2. The highest BCUT2D eigenvalue weighted by Gasteiger charge is 2.39. The summed E-state index contributed by atoms with van der Waals surface area (Å²) in [7, 11) is 0. The lowest BCUT2D eigenvalue weighted by atomic mass is 9.98. The third-order valence-corrected chi connectivity index (χ3v) is 6.64. The minimum absolute atomic E-state index is 0.00895. The number of hydrogen-bond acceptors (Lipinski definition) is 3. The van der Waals surface area contributed by atoms with E-state index in [0.29, 0.717) is 5.69 Å². The maximum absolute atomic E-state index is 13.0. The second-order valence-corrected chi connectivity index (χ2v) is 9.34. The molecule has 1 N–H and O–H groups in total. The Bertz CT molecular complexity index is 721. The summed E-state index contributed by atoms with van der Waals surface area (Å²) in [5, 5.41) is 3.35. The molecule has 3 rings (SSSR count). The van der Waals surface area contributed by atoms with Gasteiger partial charge >= 0.3 is 0 Å². The van der Waals surface area contributed by atoms with Gasteiger partial charge in [0.2, 0.25) is 0 Å². The number of halogens is 2. The maximum atomic E-state index is 13.0. The lowest BCUT2D eigenvalue weighted by molar-refractivity contribution is -0.120. The maximum Gasteiger partial charge on any atom is 0.283 e. The van der Waals surface area contributed by atoms with Gasteiger partial charge < -0.3 is 5.32 Å². The van der Waals surface area contributed by atoms with Gasteiger partial charge in [-0.25, -0.2) is 4.90 Å². The number of nitrogens with one attached hydrogen (secondary N) is 1. The van der Waals surface area contributed by atoms with Gasteiger partial charge in [0.25, 0.3) is 11.8 Å². The van der Waals surface area contributed by atoms with Crippen LogP contribution in [0.1, 0.15) is 70.6 Å². The van der Waals surface area contributed by atoms with E-state index in [9.17, 15) is 9.59 Å². The van der Waals surface area contributed by atoms with E-state index < -0.39 is 5.91 Å². The first-order valence-corrected chi connectivity index (χ1v) is 11.8. The van der Waals surface area contributed by atoms with E-state index >= 15 is 0 Å². The molecule has 0 aromatic heterocycles. The minimum Gasteiger partial charge on any atom is -0.376 e. The third-order valence-electron chi connectivity index (χ3n) is 5.57. The van der Waals surface area contributed by atoms with Gasteiger partial charge in [0.1, 0.15) is 10.7 Å². The molecule has 6 heteroatoms. The smallest absolute Gasteiger partial charge is 0.283 e. The molecular weight excluding hydrogens is 487 g/mol. The number of amides is 2. The van der Waals surface area contributed by atoms with Gasteiger partial charge in [-0.1, -0.05) is 69.4 Å². The van der Waals surface area contributed by atoms with Crippen LogP contribution in [0.4, 0.5) is 5.69 Å². The van der Waals surface area contributed by atoms with Crippen LogP contribution in [0.25, 0.3) is 0 Å². The largest absolute Gasteiger partial charge is 0.376 e. The number of rotatable bonds is 3. The number of anilines is 1. The normalized spacial score (nSPS) is 20.9. The van der Waals surface area contributed by atoms with Crippen LogP contribution in [0, 0.1) is 3.57 Å². The molecule has 1 aromatic carbocycles. The molecule has 1 aliphatic heterocycles. The van der Waals surface area contributed by atoms with Crippen LogP contribution < -0.4 is 10.2 Å². The quantitative estimate of drug-likeness (QED) is 0.405. The summed E-state index contributed by atoms with van der Waals surface area (Å²) < 4.78 is 1.05. The molecule has 1 aliphatic carbocycles. The summed E-state index contributed by atoms with van der Waals surface area (Å²) in [5.41, 5.74) is 0.825.